The molecule has 0 bridgehead atoms. The quantitative estimate of drug-likeness (QED) is 0.551. The van der Waals surface area contributed by atoms with E-state index in [4.69, 9.17) is 0 Å². The number of nitrogens with one attached hydrogen (secondary N) is 2. The summed E-state index contributed by atoms with van der Waals surface area (Å²) in [5.74, 6) is -0.512. The number of carbonyl (C=O) groups excluding carboxylic acids is 1. The van der Waals surface area contributed by atoms with Crippen LogP contribution in [0.15, 0.2) is 36.8 Å². The number of thiazole rings is 1. The number of aromatic amines is 2. The molecule has 0 fully saturated rings. The number of amides is 1. The van der Waals surface area contributed by atoms with Crippen LogP contribution < -0.4 is 0 Å². The van der Waals surface area contributed by atoms with Gasteiger partial charge in [0, 0.05) is 18.7 Å². The van der Waals surface area contributed by atoms with Crippen molar-refractivity contribution in [3.8, 4) is 0 Å². The molecule has 1 aliphatic heterocycles. The van der Waals surface area contributed by atoms with Crippen LogP contribution in [-0.2, 0) is 6.42 Å². The van der Waals surface area contributed by atoms with Crippen molar-refractivity contribution in [1.29, 1.82) is 0 Å². The molecular weight excluding hydrogens is 386 g/mol. The maximum atomic E-state index is 13.3. The normalized spacial score (nSPS) is 16.7. The molecule has 7 nitrogen and oxygen atoms in total. The molecule has 5 rings (SSSR count). The zero-order valence-corrected chi connectivity index (χ0v) is 15.2. The number of imidazole rings is 1. The fourth-order valence-electron chi connectivity index (χ4n) is 3.54. The lowest BCUT2D eigenvalue weighted by Crippen LogP contribution is -2.41. The van der Waals surface area contributed by atoms with Gasteiger partial charge in [-0.2, -0.15) is 5.10 Å². The lowest BCUT2D eigenvalue weighted by Gasteiger charge is -2.33. The topological polar surface area (TPSA) is 90.6 Å². The van der Waals surface area contributed by atoms with E-state index in [2.05, 4.69) is 25.1 Å². The van der Waals surface area contributed by atoms with Crippen molar-refractivity contribution in [3.63, 3.8) is 0 Å². The van der Waals surface area contributed by atoms with Crippen LogP contribution in [0.25, 0.3) is 10.2 Å². The first-order chi connectivity index (χ1) is 13.6. The average Bonchev–Trinajstić information content (AvgIpc) is 3.44. The van der Waals surface area contributed by atoms with Gasteiger partial charge >= 0.3 is 0 Å². The first-order valence-corrected chi connectivity index (χ1v) is 9.45. The Morgan fingerprint density at radius 2 is 2.18 bits per heavy atom. The van der Waals surface area contributed by atoms with E-state index in [1.807, 2.05) is 24.3 Å². The lowest BCUT2D eigenvalue weighted by atomic mass is 10.0. The van der Waals surface area contributed by atoms with Crippen LogP contribution >= 0.6 is 11.3 Å². The molecule has 0 unspecified atom stereocenters. The summed E-state index contributed by atoms with van der Waals surface area (Å²) in [5.41, 5.74) is 1.85. The Morgan fingerprint density at radius 1 is 1.32 bits per heavy atom. The van der Waals surface area contributed by atoms with Crippen molar-refractivity contribution >= 4 is 27.5 Å². The standard InChI is InChI=1S/C18H14F2N6OS/c19-16(20)13-9(7-23-25-13)18(27)26-6-5-11-14(22-8-21-11)15(26)17-24-10-3-1-2-4-12(10)28-17/h1-4,7-8,15-16H,5-6H2,(H,21,22)(H,23,25)/t15-/m0/s1. The number of aromatic nitrogens is 5. The second-order valence-electron chi connectivity index (χ2n) is 6.44. The van der Waals surface area contributed by atoms with Crippen molar-refractivity contribution < 1.29 is 13.6 Å². The summed E-state index contributed by atoms with van der Waals surface area (Å²) in [7, 11) is 0. The van der Waals surface area contributed by atoms with Crippen molar-refractivity contribution in [1.82, 2.24) is 30.0 Å². The SMILES string of the molecule is O=C(c1cn[nH]c1C(F)F)N1CCc2[nH]cnc2[C@H]1c1nc2ccccc2s1. The number of hydrogen-bond acceptors (Lipinski definition) is 5. The zero-order valence-electron chi connectivity index (χ0n) is 14.4. The summed E-state index contributed by atoms with van der Waals surface area (Å²) in [5, 5.41) is 6.57. The third-order valence-corrected chi connectivity index (χ3v) is 5.94. The van der Waals surface area contributed by atoms with Gasteiger partial charge in [-0.25, -0.2) is 18.7 Å². The van der Waals surface area contributed by atoms with Crippen molar-refractivity contribution in [3.05, 3.63) is 64.4 Å². The van der Waals surface area contributed by atoms with E-state index in [0.29, 0.717) is 23.7 Å². The molecule has 0 saturated heterocycles. The van der Waals surface area contributed by atoms with E-state index in [1.165, 1.54) is 11.3 Å². The molecule has 1 aromatic carbocycles. The van der Waals surface area contributed by atoms with Gasteiger partial charge in [-0.1, -0.05) is 12.1 Å². The maximum absolute atomic E-state index is 13.3. The van der Waals surface area contributed by atoms with Gasteiger partial charge in [-0.3, -0.25) is 9.89 Å². The Bertz CT molecular complexity index is 1130. The fraction of sp³-hybridized carbons (Fsp3) is 0.222. The second-order valence-corrected chi connectivity index (χ2v) is 7.50. The molecule has 10 heteroatoms. The molecule has 28 heavy (non-hydrogen) atoms. The third-order valence-electron chi connectivity index (χ3n) is 4.85. The summed E-state index contributed by atoms with van der Waals surface area (Å²) in [6.07, 6.45) is 0.485. The largest absolute Gasteiger partial charge is 0.348 e. The number of para-hydroxylation sites is 1. The molecule has 0 radical (unpaired) electrons. The first-order valence-electron chi connectivity index (χ1n) is 8.63. The highest BCUT2D eigenvalue weighted by molar-refractivity contribution is 7.18. The van der Waals surface area contributed by atoms with Gasteiger partial charge in [-0.15, -0.1) is 11.3 Å². The molecule has 0 aliphatic carbocycles. The Labute approximate surface area is 161 Å². The van der Waals surface area contributed by atoms with Crippen LogP contribution in [-0.4, -0.2) is 42.5 Å². The number of fused-ring (bicyclic) bond motifs is 2. The summed E-state index contributed by atoms with van der Waals surface area (Å²) < 4.78 is 27.5. The van der Waals surface area contributed by atoms with E-state index < -0.39 is 24.1 Å². The summed E-state index contributed by atoms with van der Waals surface area (Å²) >= 11 is 1.47. The fourth-order valence-corrected chi connectivity index (χ4v) is 4.62. The van der Waals surface area contributed by atoms with Crippen molar-refractivity contribution in [2.75, 3.05) is 6.54 Å². The van der Waals surface area contributed by atoms with Gasteiger partial charge < -0.3 is 9.88 Å². The molecule has 2 N–H and O–H groups in total. The highest BCUT2D eigenvalue weighted by Crippen LogP contribution is 2.38. The van der Waals surface area contributed by atoms with Gasteiger partial charge in [-0.05, 0) is 12.1 Å². The highest BCUT2D eigenvalue weighted by Gasteiger charge is 2.38. The molecule has 0 saturated carbocycles. The molecule has 3 aromatic heterocycles. The molecule has 142 valence electrons. The number of hydrogen-bond donors (Lipinski definition) is 2. The van der Waals surface area contributed by atoms with E-state index in [1.54, 1.807) is 11.2 Å². The second kappa shape index (κ2) is 6.48. The number of nitrogens with zero attached hydrogens (tertiary/aromatic N) is 4. The van der Waals surface area contributed by atoms with E-state index in [9.17, 15) is 13.6 Å². The van der Waals surface area contributed by atoms with Gasteiger partial charge in [0.15, 0.2) is 0 Å². The number of rotatable bonds is 3. The Morgan fingerprint density at radius 3 is 3.00 bits per heavy atom. The molecule has 1 aliphatic rings. The number of halogens is 2. The van der Waals surface area contributed by atoms with Gasteiger partial charge in [0.2, 0.25) is 0 Å². The molecule has 1 amide bonds. The smallest absolute Gasteiger partial charge is 0.280 e. The van der Waals surface area contributed by atoms with Crippen LogP contribution in [0.1, 0.15) is 44.9 Å². The van der Waals surface area contributed by atoms with Gasteiger partial charge in [0.1, 0.15) is 16.7 Å². The lowest BCUT2D eigenvalue weighted by molar-refractivity contribution is 0.0678. The first kappa shape index (κ1) is 17.0. The Hall–Kier alpha value is -3.14. The van der Waals surface area contributed by atoms with Gasteiger partial charge in [0.25, 0.3) is 12.3 Å². The minimum absolute atomic E-state index is 0.125. The van der Waals surface area contributed by atoms with Crippen LogP contribution in [0.5, 0.6) is 0 Å². The number of alkyl halides is 2. The van der Waals surface area contributed by atoms with E-state index >= 15 is 0 Å². The number of benzene rings is 1. The number of carbonyl (C=O) groups is 1. The molecular formula is C18H14F2N6OS. The van der Waals surface area contributed by atoms with Gasteiger partial charge in [0.05, 0.1) is 34.0 Å². The van der Waals surface area contributed by atoms with Crippen molar-refractivity contribution in [2.24, 2.45) is 0 Å². The van der Waals surface area contributed by atoms with Crippen LogP contribution in [0.4, 0.5) is 8.78 Å². The molecule has 4 heterocycles. The van der Waals surface area contributed by atoms with E-state index in [-0.39, 0.29) is 5.56 Å². The monoisotopic (exact) mass is 400 g/mol. The Kier molecular flexibility index (Phi) is 3.93. The highest BCUT2D eigenvalue weighted by atomic mass is 32.1. The predicted octanol–water partition coefficient (Wildman–Crippen LogP) is 3.47. The zero-order chi connectivity index (χ0) is 19.3. The van der Waals surface area contributed by atoms with Crippen LogP contribution in [0.2, 0.25) is 0 Å². The minimum atomic E-state index is -2.81. The third kappa shape index (κ3) is 2.60. The molecule has 0 spiro atoms. The summed E-state index contributed by atoms with van der Waals surface area (Å²) in [6.45, 7) is 0.364. The summed E-state index contributed by atoms with van der Waals surface area (Å²) in [6, 6.07) is 7.15. The molecule has 4 aromatic rings. The average molecular weight is 400 g/mol. The summed E-state index contributed by atoms with van der Waals surface area (Å²) in [4.78, 5) is 26.9. The maximum Gasteiger partial charge on any atom is 0.280 e. The van der Waals surface area contributed by atoms with Crippen LogP contribution in [0, 0.1) is 0 Å². The number of H-pyrrole nitrogens is 2. The predicted molar refractivity (Wildman–Crippen MR) is 98.3 cm³/mol. The van der Waals surface area contributed by atoms with Crippen molar-refractivity contribution in [2.45, 2.75) is 18.9 Å². The molecule has 1 atom stereocenters. The minimum Gasteiger partial charge on any atom is -0.348 e. The Balaban J connectivity index is 1.62. The van der Waals surface area contributed by atoms with Crippen LogP contribution in [0.3, 0.4) is 0 Å². The van der Waals surface area contributed by atoms with E-state index in [0.717, 1.165) is 22.1 Å².